The highest BCUT2D eigenvalue weighted by Crippen LogP contribution is 2.23. The number of carboxylic acids is 1. The summed E-state index contributed by atoms with van der Waals surface area (Å²) >= 11 is 1.70. The number of carbonyl (C=O) groups is 1. The molecule has 0 aliphatic carbocycles. The van der Waals surface area contributed by atoms with E-state index in [0.29, 0.717) is 24.0 Å². The monoisotopic (exact) mass is 381 g/mol. The molecular weight excluding hydrogens is 362 g/mol. The Morgan fingerprint density at radius 3 is 2.67 bits per heavy atom. The third-order valence-electron chi connectivity index (χ3n) is 3.63. The molecule has 0 radical (unpaired) electrons. The average molecular weight is 381 g/mol. The molecule has 0 spiro atoms. The van der Waals surface area contributed by atoms with Crippen molar-refractivity contribution in [2.75, 3.05) is 12.4 Å². The number of oxazole rings is 1. The molecule has 5 nitrogen and oxygen atoms in total. The standard InChI is InChI=1S/C21H19NO4S/c23-21(24)11-8-16-6-9-17(10-7-16)19-14-22-20(26-19)15-27-13-12-25-18-4-2-1-3-5-18/h1-11,14H,12-13,15H2,(H,23,24)/b11-8+. The normalized spacial score (nSPS) is 11.0. The first-order chi connectivity index (χ1) is 13.2. The molecule has 27 heavy (non-hydrogen) atoms. The molecule has 1 aromatic heterocycles. The molecule has 0 atom stereocenters. The summed E-state index contributed by atoms with van der Waals surface area (Å²) in [7, 11) is 0. The van der Waals surface area contributed by atoms with Crippen LogP contribution in [0.4, 0.5) is 0 Å². The van der Waals surface area contributed by atoms with Gasteiger partial charge in [-0.1, -0.05) is 42.5 Å². The fraction of sp³-hybridized carbons (Fsp3) is 0.143. The number of nitrogens with zero attached hydrogens (tertiary/aromatic N) is 1. The predicted octanol–water partition coefficient (Wildman–Crippen LogP) is 4.75. The molecule has 0 saturated carbocycles. The van der Waals surface area contributed by atoms with Gasteiger partial charge in [-0.15, -0.1) is 11.8 Å². The van der Waals surface area contributed by atoms with Crippen LogP contribution < -0.4 is 4.74 Å². The minimum absolute atomic E-state index is 0.633. The average Bonchev–Trinajstić information content (AvgIpc) is 3.16. The van der Waals surface area contributed by atoms with Gasteiger partial charge < -0.3 is 14.3 Å². The quantitative estimate of drug-likeness (QED) is 0.426. The molecule has 0 aliphatic rings. The van der Waals surface area contributed by atoms with Crippen LogP contribution in [0.15, 0.2) is 71.3 Å². The van der Waals surface area contributed by atoms with E-state index >= 15 is 0 Å². The number of hydrogen-bond acceptors (Lipinski definition) is 5. The van der Waals surface area contributed by atoms with Gasteiger partial charge in [0, 0.05) is 17.4 Å². The van der Waals surface area contributed by atoms with E-state index in [4.69, 9.17) is 14.3 Å². The Morgan fingerprint density at radius 1 is 1.15 bits per heavy atom. The lowest BCUT2D eigenvalue weighted by atomic mass is 10.1. The predicted molar refractivity (Wildman–Crippen MR) is 107 cm³/mol. The van der Waals surface area contributed by atoms with E-state index in [2.05, 4.69) is 4.98 Å². The zero-order valence-corrected chi connectivity index (χ0v) is 15.4. The van der Waals surface area contributed by atoms with E-state index in [1.807, 2.05) is 54.6 Å². The molecule has 0 unspecified atom stereocenters. The molecule has 0 bridgehead atoms. The Labute approximate surface area is 161 Å². The number of ether oxygens (including phenoxy) is 1. The summed E-state index contributed by atoms with van der Waals surface area (Å²) in [5, 5.41) is 8.65. The maximum absolute atomic E-state index is 10.5. The summed E-state index contributed by atoms with van der Waals surface area (Å²) in [4.78, 5) is 14.9. The Morgan fingerprint density at radius 2 is 1.93 bits per heavy atom. The van der Waals surface area contributed by atoms with Crippen molar-refractivity contribution in [1.29, 1.82) is 0 Å². The summed E-state index contributed by atoms with van der Waals surface area (Å²) in [6.07, 6.45) is 4.37. The van der Waals surface area contributed by atoms with Gasteiger partial charge in [0.2, 0.25) is 5.89 Å². The topological polar surface area (TPSA) is 72.6 Å². The Kier molecular flexibility index (Phi) is 6.71. The lowest BCUT2D eigenvalue weighted by Crippen LogP contribution is -2.00. The van der Waals surface area contributed by atoms with Crippen LogP contribution in [0.3, 0.4) is 0 Å². The van der Waals surface area contributed by atoms with Crippen molar-refractivity contribution >= 4 is 23.8 Å². The molecular formula is C21H19NO4S. The maximum atomic E-state index is 10.5. The lowest BCUT2D eigenvalue weighted by molar-refractivity contribution is -0.131. The third kappa shape index (κ3) is 6.04. The molecule has 1 N–H and O–H groups in total. The van der Waals surface area contributed by atoms with Gasteiger partial charge in [-0.3, -0.25) is 0 Å². The highest BCUT2D eigenvalue weighted by Gasteiger charge is 2.06. The lowest BCUT2D eigenvalue weighted by Gasteiger charge is -2.04. The largest absolute Gasteiger partial charge is 0.493 e. The molecule has 3 rings (SSSR count). The fourth-order valence-corrected chi connectivity index (χ4v) is 2.98. The molecule has 138 valence electrons. The van der Waals surface area contributed by atoms with Gasteiger partial charge in [0.05, 0.1) is 18.6 Å². The summed E-state index contributed by atoms with van der Waals surface area (Å²) in [6.45, 7) is 0.633. The van der Waals surface area contributed by atoms with Crippen molar-refractivity contribution in [3.05, 3.63) is 78.3 Å². The number of rotatable bonds is 9. The number of aliphatic carboxylic acids is 1. The minimum Gasteiger partial charge on any atom is -0.493 e. The van der Waals surface area contributed by atoms with Crippen molar-refractivity contribution < 1.29 is 19.1 Å². The number of para-hydroxylation sites is 1. The second-order valence-electron chi connectivity index (χ2n) is 5.63. The fourth-order valence-electron chi connectivity index (χ4n) is 2.33. The molecule has 0 aliphatic heterocycles. The van der Waals surface area contributed by atoms with Gasteiger partial charge >= 0.3 is 5.97 Å². The second kappa shape index (κ2) is 9.64. The Balaban J connectivity index is 1.46. The first-order valence-corrected chi connectivity index (χ1v) is 9.58. The van der Waals surface area contributed by atoms with Crippen LogP contribution in [0.25, 0.3) is 17.4 Å². The molecule has 2 aromatic carbocycles. The zero-order valence-electron chi connectivity index (χ0n) is 14.6. The van der Waals surface area contributed by atoms with Gasteiger partial charge in [0.25, 0.3) is 0 Å². The van der Waals surface area contributed by atoms with E-state index in [1.54, 1.807) is 24.0 Å². The Hall–Kier alpha value is -2.99. The highest BCUT2D eigenvalue weighted by molar-refractivity contribution is 7.98. The molecule has 6 heteroatoms. The molecule has 0 amide bonds. The number of hydrogen-bond donors (Lipinski definition) is 1. The van der Waals surface area contributed by atoms with Gasteiger partial charge in [-0.25, -0.2) is 9.78 Å². The number of thioether (sulfide) groups is 1. The van der Waals surface area contributed by atoms with Crippen LogP contribution in [0.1, 0.15) is 11.5 Å². The van der Waals surface area contributed by atoms with Crippen LogP contribution in [0.5, 0.6) is 5.75 Å². The zero-order chi connectivity index (χ0) is 18.9. The number of carboxylic acid groups (broad SMARTS) is 1. The van der Waals surface area contributed by atoms with Crippen LogP contribution in [0, 0.1) is 0 Å². The third-order valence-corrected chi connectivity index (χ3v) is 4.54. The molecule has 0 fully saturated rings. The van der Waals surface area contributed by atoms with Gasteiger partial charge in [-0.2, -0.15) is 0 Å². The summed E-state index contributed by atoms with van der Waals surface area (Å²) in [5.74, 6) is 2.79. The first kappa shape index (κ1) is 18.8. The van der Waals surface area contributed by atoms with E-state index in [0.717, 1.165) is 28.7 Å². The van der Waals surface area contributed by atoms with Crippen LogP contribution in [0.2, 0.25) is 0 Å². The number of aromatic nitrogens is 1. The van der Waals surface area contributed by atoms with Crippen LogP contribution in [-0.2, 0) is 10.5 Å². The molecule has 0 saturated heterocycles. The summed E-state index contributed by atoms with van der Waals surface area (Å²) in [6, 6.07) is 17.2. The van der Waals surface area contributed by atoms with E-state index in [9.17, 15) is 4.79 Å². The number of benzene rings is 2. The van der Waals surface area contributed by atoms with E-state index < -0.39 is 5.97 Å². The van der Waals surface area contributed by atoms with E-state index in [-0.39, 0.29) is 0 Å². The smallest absolute Gasteiger partial charge is 0.328 e. The summed E-state index contributed by atoms with van der Waals surface area (Å²) < 4.78 is 11.4. The van der Waals surface area contributed by atoms with Crippen molar-refractivity contribution in [3.63, 3.8) is 0 Å². The highest BCUT2D eigenvalue weighted by atomic mass is 32.2. The Bertz CT molecular complexity index is 888. The van der Waals surface area contributed by atoms with Crippen molar-refractivity contribution in [2.24, 2.45) is 0 Å². The van der Waals surface area contributed by atoms with Gasteiger partial charge in [-0.05, 0) is 23.8 Å². The maximum Gasteiger partial charge on any atom is 0.328 e. The first-order valence-electron chi connectivity index (χ1n) is 8.42. The van der Waals surface area contributed by atoms with Crippen molar-refractivity contribution in [2.45, 2.75) is 5.75 Å². The minimum atomic E-state index is -0.967. The van der Waals surface area contributed by atoms with E-state index in [1.165, 1.54) is 0 Å². The SMILES string of the molecule is O=C(O)/C=C/c1ccc(-c2cnc(CSCCOc3ccccc3)o2)cc1. The van der Waals surface area contributed by atoms with Crippen molar-refractivity contribution in [1.82, 2.24) is 4.98 Å². The van der Waals surface area contributed by atoms with Gasteiger partial charge in [0.15, 0.2) is 5.76 Å². The van der Waals surface area contributed by atoms with Crippen molar-refractivity contribution in [3.8, 4) is 17.1 Å². The van der Waals surface area contributed by atoms with Gasteiger partial charge in [0.1, 0.15) is 5.75 Å². The molecule has 1 heterocycles. The molecule has 3 aromatic rings. The van der Waals surface area contributed by atoms with Crippen LogP contribution in [-0.4, -0.2) is 28.4 Å². The summed E-state index contributed by atoms with van der Waals surface area (Å²) in [5.41, 5.74) is 1.72. The second-order valence-corrected chi connectivity index (χ2v) is 6.73. The van der Waals surface area contributed by atoms with Crippen LogP contribution >= 0.6 is 11.8 Å².